The zero-order valence-corrected chi connectivity index (χ0v) is 11.2. The Balaban J connectivity index is 1.89. The summed E-state index contributed by atoms with van der Waals surface area (Å²) in [6, 6.07) is 5.95. The molecule has 0 aliphatic heterocycles. The molecule has 0 spiro atoms. The average molecular weight is 269 g/mol. The predicted molar refractivity (Wildman–Crippen MR) is 70.1 cm³/mol. The van der Waals surface area contributed by atoms with Gasteiger partial charge in [-0.3, -0.25) is 4.98 Å². The molecule has 2 aromatic rings. The van der Waals surface area contributed by atoms with Crippen molar-refractivity contribution < 1.29 is 0 Å². The Morgan fingerprint density at radius 2 is 2.00 bits per heavy atom. The Morgan fingerprint density at radius 1 is 1.19 bits per heavy atom. The zero-order chi connectivity index (χ0) is 11.2. The second-order valence-electron chi connectivity index (χ2n) is 2.88. The van der Waals surface area contributed by atoms with Gasteiger partial charge in [0.15, 0.2) is 8.68 Å². The second-order valence-corrected chi connectivity index (χ2v) is 6.59. The van der Waals surface area contributed by atoms with Crippen molar-refractivity contribution in [2.24, 2.45) is 0 Å². The normalized spacial score (nSPS) is 10.6. The summed E-state index contributed by atoms with van der Waals surface area (Å²) < 4.78 is 2.06. The molecule has 0 radical (unpaired) electrons. The van der Waals surface area contributed by atoms with Crippen LogP contribution >= 0.6 is 34.9 Å². The van der Waals surface area contributed by atoms with E-state index in [1.54, 1.807) is 34.9 Å². The quantitative estimate of drug-likeness (QED) is 0.778. The van der Waals surface area contributed by atoms with Crippen molar-refractivity contribution in [3.8, 4) is 0 Å². The van der Waals surface area contributed by atoms with Gasteiger partial charge < -0.3 is 0 Å². The highest BCUT2D eigenvalue weighted by atomic mass is 32.2. The fourth-order valence-electron chi connectivity index (χ4n) is 1.06. The van der Waals surface area contributed by atoms with Gasteiger partial charge >= 0.3 is 0 Å². The van der Waals surface area contributed by atoms with Gasteiger partial charge in [0.05, 0.1) is 5.69 Å². The standard InChI is InChI=1S/C10H11N3S3/c1-2-14-9-12-13-10(16-9)15-7-8-5-3-4-6-11-8/h3-6H,2,7H2,1H3. The molecule has 16 heavy (non-hydrogen) atoms. The maximum atomic E-state index is 4.27. The number of aromatic nitrogens is 3. The van der Waals surface area contributed by atoms with E-state index in [-0.39, 0.29) is 0 Å². The largest absolute Gasteiger partial charge is 0.260 e. The van der Waals surface area contributed by atoms with Gasteiger partial charge in [-0.05, 0) is 17.9 Å². The minimum Gasteiger partial charge on any atom is -0.260 e. The number of hydrogen-bond acceptors (Lipinski definition) is 6. The molecule has 2 heterocycles. The maximum absolute atomic E-state index is 4.27. The first kappa shape index (κ1) is 11.9. The van der Waals surface area contributed by atoms with Crippen molar-refractivity contribution in [1.82, 2.24) is 15.2 Å². The zero-order valence-electron chi connectivity index (χ0n) is 8.79. The molecule has 0 saturated carbocycles. The molecular weight excluding hydrogens is 258 g/mol. The summed E-state index contributed by atoms with van der Waals surface area (Å²) in [5.41, 5.74) is 1.08. The van der Waals surface area contributed by atoms with Crippen LogP contribution in [0.1, 0.15) is 12.6 Å². The van der Waals surface area contributed by atoms with E-state index in [2.05, 4.69) is 22.1 Å². The van der Waals surface area contributed by atoms with Gasteiger partial charge in [0.2, 0.25) is 0 Å². The lowest BCUT2D eigenvalue weighted by Crippen LogP contribution is -1.83. The summed E-state index contributed by atoms with van der Waals surface area (Å²) in [6.07, 6.45) is 1.81. The number of nitrogens with zero attached hydrogens (tertiary/aromatic N) is 3. The van der Waals surface area contributed by atoms with Crippen LogP contribution in [0.3, 0.4) is 0 Å². The van der Waals surface area contributed by atoms with Crippen LogP contribution < -0.4 is 0 Å². The molecule has 0 bridgehead atoms. The van der Waals surface area contributed by atoms with Gasteiger partial charge in [0.1, 0.15) is 0 Å². The Bertz CT molecular complexity index is 430. The molecule has 2 rings (SSSR count). The van der Waals surface area contributed by atoms with E-state index in [1.165, 1.54) is 0 Å². The van der Waals surface area contributed by atoms with Crippen molar-refractivity contribution in [2.75, 3.05) is 5.75 Å². The highest BCUT2D eigenvalue weighted by molar-refractivity contribution is 8.02. The Labute approximate surface area is 107 Å². The first-order valence-corrected chi connectivity index (χ1v) is 7.66. The van der Waals surface area contributed by atoms with Crippen LogP contribution in [0.4, 0.5) is 0 Å². The molecule has 0 fully saturated rings. The number of thioether (sulfide) groups is 2. The summed E-state index contributed by atoms with van der Waals surface area (Å²) >= 11 is 5.08. The molecular formula is C10H11N3S3. The van der Waals surface area contributed by atoms with Crippen LogP contribution in [0.25, 0.3) is 0 Å². The minimum atomic E-state index is 0.853. The third-order valence-electron chi connectivity index (χ3n) is 1.73. The van der Waals surface area contributed by atoms with E-state index >= 15 is 0 Å². The van der Waals surface area contributed by atoms with Gasteiger partial charge in [-0.2, -0.15) is 0 Å². The first-order chi connectivity index (χ1) is 7.88. The van der Waals surface area contributed by atoms with Crippen LogP contribution in [-0.2, 0) is 5.75 Å². The van der Waals surface area contributed by atoms with E-state index < -0.39 is 0 Å². The van der Waals surface area contributed by atoms with Crippen LogP contribution in [0, 0.1) is 0 Å². The Morgan fingerprint density at radius 3 is 2.69 bits per heavy atom. The minimum absolute atomic E-state index is 0.853. The Kier molecular flexibility index (Phi) is 4.62. The smallest absolute Gasteiger partial charge is 0.175 e. The molecule has 2 aromatic heterocycles. The van der Waals surface area contributed by atoms with E-state index in [4.69, 9.17) is 0 Å². The molecule has 0 amide bonds. The van der Waals surface area contributed by atoms with Crippen molar-refractivity contribution in [3.05, 3.63) is 30.1 Å². The number of hydrogen-bond donors (Lipinski definition) is 0. The van der Waals surface area contributed by atoms with Crippen LogP contribution in [0.2, 0.25) is 0 Å². The summed E-state index contributed by atoms with van der Waals surface area (Å²) in [6.45, 7) is 2.12. The van der Waals surface area contributed by atoms with Gasteiger partial charge in [0, 0.05) is 11.9 Å². The summed E-state index contributed by atoms with van der Waals surface area (Å²) in [7, 11) is 0. The van der Waals surface area contributed by atoms with Crippen molar-refractivity contribution in [3.63, 3.8) is 0 Å². The van der Waals surface area contributed by atoms with Crippen molar-refractivity contribution in [2.45, 2.75) is 21.4 Å². The van der Waals surface area contributed by atoms with Crippen LogP contribution in [0.15, 0.2) is 33.1 Å². The molecule has 0 N–H and O–H groups in total. The monoisotopic (exact) mass is 269 g/mol. The van der Waals surface area contributed by atoms with Crippen molar-refractivity contribution in [1.29, 1.82) is 0 Å². The highest BCUT2D eigenvalue weighted by Gasteiger charge is 2.04. The van der Waals surface area contributed by atoms with E-state index in [0.717, 1.165) is 25.9 Å². The molecule has 0 atom stereocenters. The average Bonchev–Trinajstić information content (AvgIpc) is 2.76. The lowest BCUT2D eigenvalue weighted by molar-refractivity contribution is 0.954. The summed E-state index contributed by atoms with van der Waals surface area (Å²) in [5.74, 6) is 1.89. The molecule has 0 aliphatic carbocycles. The van der Waals surface area contributed by atoms with Gasteiger partial charge in [-0.15, -0.1) is 10.2 Å². The highest BCUT2D eigenvalue weighted by Crippen LogP contribution is 2.29. The summed E-state index contributed by atoms with van der Waals surface area (Å²) in [5, 5.41) is 8.24. The van der Waals surface area contributed by atoms with Gasteiger partial charge in [-0.1, -0.05) is 47.9 Å². The molecule has 0 unspecified atom stereocenters. The number of pyridine rings is 1. The van der Waals surface area contributed by atoms with E-state index in [9.17, 15) is 0 Å². The van der Waals surface area contributed by atoms with Gasteiger partial charge in [-0.25, -0.2) is 0 Å². The molecule has 0 aromatic carbocycles. The maximum Gasteiger partial charge on any atom is 0.175 e. The Hall–Kier alpha value is -0.590. The van der Waals surface area contributed by atoms with E-state index in [0.29, 0.717) is 0 Å². The molecule has 0 aliphatic rings. The molecule has 84 valence electrons. The molecule has 0 saturated heterocycles. The fourth-order valence-corrected chi connectivity index (χ4v) is 3.89. The van der Waals surface area contributed by atoms with Crippen LogP contribution in [-0.4, -0.2) is 20.9 Å². The fraction of sp³-hybridized carbons (Fsp3) is 0.300. The third kappa shape index (κ3) is 3.47. The lowest BCUT2D eigenvalue weighted by atomic mass is 10.4. The third-order valence-corrected chi connectivity index (χ3v) is 4.83. The first-order valence-electron chi connectivity index (χ1n) is 4.87. The molecule has 6 heteroatoms. The lowest BCUT2D eigenvalue weighted by Gasteiger charge is -1.95. The van der Waals surface area contributed by atoms with Crippen molar-refractivity contribution >= 4 is 34.9 Å². The summed E-state index contributed by atoms with van der Waals surface area (Å²) in [4.78, 5) is 4.27. The van der Waals surface area contributed by atoms with E-state index in [1.807, 2.05) is 24.4 Å². The predicted octanol–water partition coefficient (Wildman–Crippen LogP) is 3.34. The van der Waals surface area contributed by atoms with Gasteiger partial charge in [0.25, 0.3) is 0 Å². The topological polar surface area (TPSA) is 38.7 Å². The van der Waals surface area contributed by atoms with Crippen LogP contribution in [0.5, 0.6) is 0 Å². The second kappa shape index (κ2) is 6.22. The number of rotatable bonds is 5. The molecule has 3 nitrogen and oxygen atoms in total. The SMILES string of the molecule is CCSc1nnc(SCc2ccccn2)s1.